The molecule has 5 nitrogen and oxygen atoms in total. The number of amides is 2. The highest BCUT2D eigenvalue weighted by atomic mass is 16.2. The van der Waals surface area contributed by atoms with Crippen LogP contribution >= 0.6 is 0 Å². The van der Waals surface area contributed by atoms with Crippen LogP contribution in [0.5, 0.6) is 0 Å². The molecular weight excluding hydrogens is 314 g/mol. The van der Waals surface area contributed by atoms with Crippen LogP contribution in [0.25, 0.3) is 0 Å². The van der Waals surface area contributed by atoms with Crippen molar-refractivity contribution in [3.63, 3.8) is 0 Å². The number of likely N-dealkylation sites (tertiary alicyclic amines) is 1. The Bertz CT molecular complexity index is 659. The van der Waals surface area contributed by atoms with Crippen LogP contribution in [0.3, 0.4) is 0 Å². The number of hydrogen-bond donors (Lipinski definition) is 1. The molecule has 2 fully saturated rings. The Kier molecular flexibility index (Phi) is 5.37. The lowest BCUT2D eigenvalue weighted by atomic mass is 9.74. The van der Waals surface area contributed by atoms with E-state index in [1.807, 2.05) is 35.2 Å². The monoisotopic (exact) mass is 339 g/mol. The second-order valence-electron chi connectivity index (χ2n) is 7.17. The number of hydrogen-bond acceptors (Lipinski definition) is 3. The third-order valence-electron chi connectivity index (χ3n) is 5.41. The molecule has 1 atom stereocenters. The summed E-state index contributed by atoms with van der Waals surface area (Å²) in [6, 6.07) is 11.6. The van der Waals surface area contributed by atoms with E-state index in [1.54, 1.807) is 0 Å². The summed E-state index contributed by atoms with van der Waals surface area (Å²) in [4.78, 5) is 27.3. The van der Waals surface area contributed by atoms with Gasteiger partial charge in [0, 0.05) is 13.1 Å². The zero-order valence-electron chi connectivity index (χ0n) is 14.5. The van der Waals surface area contributed by atoms with Gasteiger partial charge in [0.1, 0.15) is 11.5 Å². The molecule has 1 saturated carbocycles. The second-order valence-corrected chi connectivity index (χ2v) is 7.17. The number of carbonyl (C=O) groups is 2. The zero-order valence-corrected chi connectivity index (χ0v) is 14.5. The van der Waals surface area contributed by atoms with Crippen molar-refractivity contribution in [3.8, 4) is 6.07 Å². The number of nitriles is 1. The lowest BCUT2D eigenvalue weighted by molar-refractivity contribution is -0.141. The number of nitrogens with one attached hydrogen (secondary N) is 1. The molecule has 1 heterocycles. The van der Waals surface area contributed by atoms with Crippen molar-refractivity contribution in [1.29, 1.82) is 5.26 Å². The maximum absolute atomic E-state index is 12.8. The molecule has 0 bridgehead atoms. The molecular formula is C20H25N3O2. The first-order valence-electron chi connectivity index (χ1n) is 9.19. The van der Waals surface area contributed by atoms with Crippen LogP contribution in [0.1, 0.15) is 50.5 Å². The van der Waals surface area contributed by atoms with Crippen molar-refractivity contribution in [2.24, 2.45) is 5.41 Å². The fraction of sp³-hybridized carbons (Fsp3) is 0.550. The Morgan fingerprint density at radius 2 is 1.92 bits per heavy atom. The smallest absolute Gasteiger partial charge is 0.245 e. The normalized spacial score (nSPS) is 22.9. The summed E-state index contributed by atoms with van der Waals surface area (Å²) in [5.41, 5.74) is 0.142. The predicted octanol–water partition coefficient (Wildman–Crippen LogP) is 2.77. The van der Waals surface area contributed by atoms with Crippen LogP contribution in [0.2, 0.25) is 0 Å². The Hall–Kier alpha value is -2.35. The molecule has 3 rings (SSSR count). The molecule has 1 aromatic carbocycles. The third kappa shape index (κ3) is 3.84. The molecule has 0 spiro atoms. The van der Waals surface area contributed by atoms with Crippen LogP contribution in [-0.2, 0) is 16.1 Å². The second kappa shape index (κ2) is 7.69. The molecule has 0 aromatic heterocycles. The summed E-state index contributed by atoms with van der Waals surface area (Å²) in [6.45, 7) is 1.28. The number of nitrogens with zero attached hydrogens (tertiary/aromatic N) is 2. The van der Waals surface area contributed by atoms with Crippen molar-refractivity contribution in [1.82, 2.24) is 10.2 Å². The number of rotatable bonds is 4. The molecule has 5 heteroatoms. The summed E-state index contributed by atoms with van der Waals surface area (Å²) in [5, 5.41) is 12.4. The molecule has 1 aromatic rings. The summed E-state index contributed by atoms with van der Waals surface area (Å²) >= 11 is 0. The minimum absolute atomic E-state index is 0.0349. The minimum Gasteiger partial charge on any atom is -0.343 e. The van der Waals surface area contributed by atoms with Crippen LogP contribution in [0.4, 0.5) is 0 Å². The van der Waals surface area contributed by atoms with Gasteiger partial charge < -0.3 is 10.2 Å². The Morgan fingerprint density at radius 1 is 1.20 bits per heavy atom. The molecule has 1 aliphatic carbocycles. The number of carbonyl (C=O) groups excluding carboxylic acids is 2. The van der Waals surface area contributed by atoms with Gasteiger partial charge in [0.15, 0.2) is 0 Å². The molecule has 1 unspecified atom stereocenters. The van der Waals surface area contributed by atoms with Crippen molar-refractivity contribution < 1.29 is 9.59 Å². The van der Waals surface area contributed by atoms with Crippen LogP contribution in [-0.4, -0.2) is 29.3 Å². The molecule has 2 amide bonds. The van der Waals surface area contributed by atoms with Gasteiger partial charge in [-0.1, -0.05) is 49.6 Å². The van der Waals surface area contributed by atoms with E-state index in [0.29, 0.717) is 32.4 Å². The first kappa shape index (κ1) is 17.5. The molecule has 1 aliphatic heterocycles. The average molecular weight is 339 g/mol. The van der Waals surface area contributed by atoms with Gasteiger partial charge in [0.05, 0.1) is 6.07 Å². The van der Waals surface area contributed by atoms with Gasteiger partial charge in [0.25, 0.3) is 0 Å². The highest BCUT2D eigenvalue weighted by molar-refractivity contribution is 5.91. The fourth-order valence-corrected chi connectivity index (χ4v) is 3.88. The SMILES string of the molecule is N#CC1(C(=O)NC2CCCN(Cc3ccccc3)C2=O)CCCCC1. The number of piperidine rings is 1. The maximum atomic E-state index is 12.8. The lowest BCUT2D eigenvalue weighted by Gasteiger charge is -2.35. The first-order chi connectivity index (χ1) is 12.1. The van der Waals surface area contributed by atoms with Crippen LogP contribution in [0.15, 0.2) is 30.3 Å². The van der Waals surface area contributed by atoms with Crippen LogP contribution < -0.4 is 5.32 Å². The Morgan fingerprint density at radius 3 is 2.60 bits per heavy atom. The van der Waals surface area contributed by atoms with Gasteiger partial charge in [-0.25, -0.2) is 0 Å². The minimum atomic E-state index is -0.944. The lowest BCUT2D eigenvalue weighted by Crippen LogP contribution is -2.55. The summed E-state index contributed by atoms with van der Waals surface area (Å²) < 4.78 is 0. The van der Waals surface area contributed by atoms with Gasteiger partial charge in [0.2, 0.25) is 11.8 Å². The van der Waals surface area contributed by atoms with Gasteiger partial charge in [-0.15, -0.1) is 0 Å². The van der Waals surface area contributed by atoms with E-state index >= 15 is 0 Å². The van der Waals surface area contributed by atoms with Crippen LogP contribution in [0, 0.1) is 16.7 Å². The topological polar surface area (TPSA) is 73.2 Å². The van der Waals surface area contributed by atoms with E-state index in [4.69, 9.17) is 0 Å². The Labute approximate surface area is 149 Å². The molecule has 1 N–H and O–H groups in total. The standard InChI is InChI=1S/C20H25N3O2/c21-15-20(11-5-2-6-12-20)19(25)22-17-10-7-13-23(18(17)24)14-16-8-3-1-4-9-16/h1,3-4,8-9,17H,2,5-7,10-14H2,(H,22,25). The molecule has 0 radical (unpaired) electrons. The summed E-state index contributed by atoms with van der Waals surface area (Å²) in [5.74, 6) is -0.290. The largest absolute Gasteiger partial charge is 0.343 e. The first-order valence-corrected chi connectivity index (χ1v) is 9.19. The Balaban J connectivity index is 1.65. The summed E-state index contributed by atoms with van der Waals surface area (Å²) in [6.07, 6.45) is 5.60. The van der Waals surface area contributed by atoms with Crippen molar-refractivity contribution in [3.05, 3.63) is 35.9 Å². The van der Waals surface area contributed by atoms with E-state index < -0.39 is 11.5 Å². The van der Waals surface area contributed by atoms with Gasteiger partial charge in [-0.2, -0.15) is 5.26 Å². The highest BCUT2D eigenvalue weighted by Gasteiger charge is 2.42. The predicted molar refractivity (Wildman–Crippen MR) is 94.2 cm³/mol. The highest BCUT2D eigenvalue weighted by Crippen LogP contribution is 2.36. The van der Waals surface area contributed by atoms with Gasteiger partial charge in [-0.3, -0.25) is 9.59 Å². The number of benzene rings is 1. The van der Waals surface area contributed by atoms with Crippen molar-refractivity contribution in [2.75, 3.05) is 6.54 Å². The van der Waals surface area contributed by atoms with E-state index in [1.165, 1.54) is 0 Å². The molecule has 132 valence electrons. The molecule has 1 saturated heterocycles. The average Bonchev–Trinajstić information content (AvgIpc) is 2.66. The third-order valence-corrected chi connectivity index (χ3v) is 5.41. The quantitative estimate of drug-likeness (QED) is 0.917. The molecule has 2 aliphatic rings. The van der Waals surface area contributed by atoms with E-state index in [2.05, 4.69) is 11.4 Å². The van der Waals surface area contributed by atoms with E-state index in [0.717, 1.165) is 31.2 Å². The molecule has 25 heavy (non-hydrogen) atoms. The van der Waals surface area contributed by atoms with Crippen molar-refractivity contribution in [2.45, 2.75) is 57.5 Å². The maximum Gasteiger partial charge on any atom is 0.245 e. The fourth-order valence-electron chi connectivity index (χ4n) is 3.88. The van der Waals surface area contributed by atoms with E-state index in [9.17, 15) is 14.9 Å². The van der Waals surface area contributed by atoms with Gasteiger partial charge in [-0.05, 0) is 31.2 Å². The summed E-state index contributed by atoms with van der Waals surface area (Å²) in [7, 11) is 0. The zero-order chi connectivity index (χ0) is 17.7. The van der Waals surface area contributed by atoms with Crippen molar-refractivity contribution >= 4 is 11.8 Å². The van der Waals surface area contributed by atoms with E-state index in [-0.39, 0.29) is 11.8 Å². The van der Waals surface area contributed by atoms with Gasteiger partial charge >= 0.3 is 0 Å².